The fraction of sp³-hybridized carbons (Fsp3) is 0.394. The van der Waals surface area contributed by atoms with Crippen LogP contribution in [0.15, 0.2) is 79.8 Å². The Morgan fingerprint density at radius 1 is 1.02 bits per heavy atom. The van der Waals surface area contributed by atoms with Gasteiger partial charge < -0.3 is 28.6 Å². The highest BCUT2D eigenvalue weighted by Gasteiger charge is 2.23. The van der Waals surface area contributed by atoms with Gasteiger partial charge in [0.05, 0.1) is 31.2 Å². The van der Waals surface area contributed by atoms with E-state index < -0.39 is 0 Å². The molecule has 41 heavy (non-hydrogen) atoms. The molecule has 1 aliphatic rings. The smallest absolute Gasteiger partial charge is 0.255 e. The van der Waals surface area contributed by atoms with Crippen LogP contribution in [0.3, 0.4) is 0 Å². The average molecular weight is 555 g/mol. The third-order valence-electron chi connectivity index (χ3n) is 8.22. The molecular weight excluding hydrogens is 512 g/mol. The third kappa shape index (κ3) is 6.49. The van der Waals surface area contributed by atoms with Crippen molar-refractivity contribution in [3.63, 3.8) is 0 Å². The monoisotopic (exact) mass is 554 g/mol. The Labute approximate surface area is 243 Å². The SMILES string of the molecule is C=C(OC)N1CCC(Cn2cncc2Cn2cc(C(=O)N(C)CCN(C)C)c(-c3cccc4ccccc34)c2)CC1. The lowest BCUT2D eigenvalue weighted by molar-refractivity contribution is 0.0787. The Hall–Kier alpha value is -4.04. The molecule has 1 saturated heterocycles. The first kappa shape index (κ1) is 28.5. The summed E-state index contributed by atoms with van der Waals surface area (Å²) in [5.74, 6) is 1.35. The predicted molar refractivity (Wildman–Crippen MR) is 165 cm³/mol. The van der Waals surface area contributed by atoms with Crippen molar-refractivity contribution >= 4 is 16.7 Å². The van der Waals surface area contributed by atoms with E-state index in [1.165, 1.54) is 0 Å². The molecule has 0 atom stereocenters. The fourth-order valence-electron chi connectivity index (χ4n) is 5.71. The molecule has 8 nitrogen and oxygen atoms in total. The van der Waals surface area contributed by atoms with E-state index in [0.29, 0.717) is 19.0 Å². The molecule has 1 fully saturated rings. The average Bonchev–Trinajstić information content (AvgIpc) is 3.61. The summed E-state index contributed by atoms with van der Waals surface area (Å²) in [6.07, 6.45) is 10.2. The molecule has 5 rings (SSSR count). The predicted octanol–water partition coefficient (Wildman–Crippen LogP) is 5.02. The summed E-state index contributed by atoms with van der Waals surface area (Å²) >= 11 is 0. The maximum absolute atomic E-state index is 13.8. The second kappa shape index (κ2) is 12.6. The first-order valence-corrected chi connectivity index (χ1v) is 14.4. The topological polar surface area (TPSA) is 58.8 Å². The molecule has 1 aliphatic heterocycles. The lowest BCUT2D eigenvalue weighted by atomic mass is 9.97. The van der Waals surface area contributed by atoms with E-state index in [4.69, 9.17) is 4.74 Å². The number of methoxy groups -OCH3 is 1. The number of carbonyl (C=O) groups excluding carboxylic acids is 1. The Kier molecular flexibility index (Phi) is 8.78. The van der Waals surface area contributed by atoms with Crippen molar-refractivity contribution in [2.24, 2.45) is 5.92 Å². The van der Waals surface area contributed by atoms with E-state index >= 15 is 0 Å². The Morgan fingerprint density at radius 2 is 1.78 bits per heavy atom. The van der Waals surface area contributed by atoms with Crippen LogP contribution < -0.4 is 0 Å². The van der Waals surface area contributed by atoms with Gasteiger partial charge in [0.1, 0.15) is 0 Å². The minimum Gasteiger partial charge on any atom is -0.483 e. The van der Waals surface area contributed by atoms with Crippen molar-refractivity contribution in [3.05, 3.63) is 91.1 Å². The molecule has 3 heterocycles. The van der Waals surface area contributed by atoms with Gasteiger partial charge in [-0.25, -0.2) is 4.98 Å². The maximum Gasteiger partial charge on any atom is 0.255 e. The van der Waals surface area contributed by atoms with Crippen LogP contribution in [0.4, 0.5) is 0 Å². The van der Waals surface area contributed by atoms with Crippen LogP contribution in [0.2, 0.25) is 0 Å². The highest BCUT2D eigenvalue weighted by molar-refractivity contribution is 6.05. The highest BCUT2D eigenvalue weighted by Crippen LogP contribution is 2.33. The molecule has 216 valence electrons. The van der Waals surface area contributed by atoms with Gasteiger partial charge in [-0.05, 0) is 55.8 Å². The number of hydrogen-bond donors (Lipinski definition) is 0. The van der Waals surface area contributed by atoms with Crippen LogP contribution in [0, 0.1) is 5.92 Å². The molecule has 4 aromatic rings. The van der Waals surface area contributed by atoms with Gasteiger partial charge in [-0.2, -0.15) is 0 Å². The molecule has 0 bridgehead atoms. The van der Waals surface area contributed by atoms with Gasteiger partial charge in [0.2, 0.25) is 0 Å². The zero-order valence-corrected chi connectivity index (χ0v) is 24.8. The van der Waals surface area contributed by atoms with E-state index in [9.17, 15) is 4.79 Å². The van der Waals surface area contributed by atoms with E-state index in [2.05, 4.69) is 79.2 Å². The number of likely N-dealkylation sites (tertiary alicyclic amines) is 1. The van der Waals surface area contributed by atoms with Crippen molar-refractivity contribution in [2.45, 2.75) is 25.9 Å². The molecule has 0 spiro atoms. The van der Waals surface area contributed by atoms with Crippen LogP contribution in [0.25, 0.3) is 21.9 Å². The lowest BCUT2D eigenvalue weighted by Crippen LogP contribution is -2.34. The first-order valence-electron chi connectivity index (χ1n) is 14.4. The second-order valence-corrected chi connectivity index (χ2v) is 11.4. The van der Waals surface area contributed by atoms with Crippen molar-refractivity contribution in [2.75, 3.05) is 54.4 Å². The van der Waals surface area contributed by atoms with Gasteiger partial charge in [0.25, 0.3) is 5.91 Å². The van der Waals surface area contributed by atoms with Gasteiger partial charge >= 0.3 is 0 Å². The number of benzene rings is 2. The number of ether oxygens (including phenoxy) is 1. The van der Waals surface area contributed by atoms with Gasteiger partial charge in [0.15, 0.2) is 5.88 Å². The largest absolute Gasteiger partial charge is 0.483 e. The van der Waals surface area contributed by atoms with Crippen LogP contribution >= 0.6 is 0 Å². The first-order chi connectivity index (χ1) is 19.8. The number of carbonyl (C=O) groups is 1. The third-order valence-corrected chi connectivity index (χ3v) is 8.22. The summed E-state index contributed by atoms with van der Waals surface area (Å²) in [5, 5.41) is 2.31. The van der Waals surface area contributed by atoms with Crippen molar-refractivity contribution in [3.8, 4) is 11.1 Å². The number of nitrogens with zero attached hydrogens (tertiary/aromatic N) is 6. The number of aromatic nitrogens is 3. The number of imidazole rings is 1. The molecule has 0 saturated carbocycles. The molecular formula is C33H42N6O2. The van der Waals surface area contributed by atoms with Gasteiger partial charge in [0, 0.05) is 63.9 Å². The van der Waals surface area contributed by atoms with E-state index in [1.54, 1.807) is 7.11 Å². The van der Waals surface area contributed by atoms with Crippen molar-refractivity contribution < 1.29 is 9.53 Å². The number of amides is 1. The maximum atomic E-state index is 13.8. The Balaban J connectivity index is 1.41. The number of fused-ring (bicyclic) bond motifs is 1. The number of likely N-dealkylation sites (N-methyl/N-ethyl adjacent to an activating group) is 2. The van der Waals surface area contributed by atoms with Crippen molar-refractivity contribution in [1.82, 2.24) is 28.8 Å². The van der Waals surface area contributed by atoms with Crippen LogP contribution in [0.1, 0.15) is 28.9 Å². The molecule has 0 radical (unpaired) electrons. The standard InChI is InChI=1S/C33H42N6O2/c1-25(41-5)38-15-13-26(14-16-38)20-39-24-34-19-28(39)21-37-22-31(30-12-8-10-27-9-6-7-11-29(27)30)32(23-37)33(40)36(4)18-17-35(2)3/h6-12,19,22-24,26H,1,13-18,20-21H2,2-5H3. The molecule has 8 heteroatoms. The van der Waals surface area contributed by atoms with E-state index in [1.807, 2.05) is 44.8 Å². The van der Waals surface area contributed by atoms with Gasteiger partial charge in [-0.15, -0.1) is 0 Å². The number of rotatable bonds is 11. The minimum atomic E-state index is 0.0337. The van der Waals surface area contributed by atoms with E-state index in [0.717, 1.165) is 78.1 Å². The fourth-order valence-corrected chi connectivity index (χ4v) is 5.71. The summed E-state index contributed by atoms with van der Waals surface area (Å²) in [6, 6.07) is 14.7. The summed E-state index contributed by atoms with van der Waals surface area (Å²) in [6.45, 7) is 8.97. The zero-order valence-electron chi connectivity index (χ0n) is 24.8. The molecule has 2 aromatic heterocycles. The molecule has 0 unspecified atom stereocenters. The molecule has 0 N–H and O–H groups in total. The Morgan fingerprint density at radius 3 is 2.54 bits per heavy atom. The summed E-state index contributed by atoms with van der Waals surface area (Å²) in [7, 11) is 7.62. The normalized spacial score (nSPS) is 14.1. The van der Waals surface area contributed by atoms with Crippen LogP contribution in [-0.2, 0) is 17.8 Å². The lowest BCUT2D eigenvalue weighted by Gasteiger charge is -2.33. The van der Waals surface area contributed by atoms with Gasteiger partial charge in [-0.3, -0.25) is 4.79 Å². The van der Waals surface area contributed by atoms with Crippen molar-refractivity contribution in [1.29, 1.82) is 0 Å². The second-order valence-electron chi connectivity index (χ2n) is 11.4. The minimum absolute atomic E-state index is 0.0337. The zero-order chi connectivity index (χ0) is 28.9. The number of hydrogen-bond acceptors (Lipinski definition) is 5. The quantitative estimate of drug-likeness (QED) is 0.244. The Bertz CT molecular complexity index is 1490. The van der Waals surface area contributed by atoms with E-state index in [-0.39, 0.29) is 5.91 Å². The highest BCUT2D eigenvalue weighted by atomic mass is 16.5. The number of piperidine rings is 1. The summed E-state index contributed by atoms with van der Waals surface area (Å²) in [5.41, 5.74) is 3.89. The molecule has 0 aliphatic carbocycles. The molecule has 1 amide bonds. The molecule has 2 aromatic carbocycles. The van der Waals surface area contributed by atoms with Crippen LogP contribution in [-0.4, -0.2) is 89.2 Å². The van der Waals surface area contributed by atoms with Crippen LogP contribution in [0.5, 0.6) is 0 Å². The van der Waals surface area contributed by atoms with Gasteiger partial charge in [-0.1, -0.05) is 42.5 Å². The summed E-state index contributed by atoms with van der Waals surface area (Å²) in [4.78, 5) is 24.4. The summed E-state index contributed by atoms with van der Waals surface area (Å²) < 4.78 is 9.74.